The lowest BCUT2D eigenvalue weighted by molar-refractivity contribution is -0.288. The van der Waals surface area contributed by atoms with E-state index in [4.69, 9.17) is 61.6 Å². The summed E-state index contributed by atoms with van der Waals surface area (Å²) in [5.41, 5.74) is 2.06. The van der Waals surface area contributed by atoms with Crippen molar-refractivity contribution in [2.45, 2.75) is 364 Å². The van der Waals surface area contributed by atoms with Crippen LogP contribution in [0.1, 0.15) is 302 Å². The Morgan fingerprint density at radius 2 is 0.932 bits per heavy atom. The van der Waals surface area contributed by atoms with Crippen LogP contribution in [0.4, 0.5) is 0 Å². The first-order valence-electron chi connectivity index (χ1n) is 46.0. The quantitative estimate of drug-likeness (QED) is 0.0190. The van der Waals surface area contributed by atoms with Crippen molar-refractivity contribution in [3.8, 4) is 0 Å². The normalized spacial score (nSPS) is 30.8. The van der Waals surface area contributed by atoms with E-state index >= 15 is 0 Å². The molecule has 0 aromatic heterocycles. The fraction of sp³-hybridized carbons (Fsp3) is 0.880. The van der Waals surface area contributed by atoms with E-state index in [2.05, 4.69) is 68.9 Å². The first-order valence-corrected chi connectivity index (χ1v) is 46.0. The van der Waals surface area contributed by atoms with E-state index in [9.17, 15) is 43.2 Å². The monoisotopic (exact) mass is 1670 g/mol. The third-order valence-electron chi connectivity index (χ3n) is 27.3. The predicted molar refractivity (Wildman–Crippen MR) is 447 cm³/mol. The summed E-state index contributed by atoms with van der Waals surface area (Å²) in [6.07, 6.45) is 27.7. The smallest absolute Gasteiger partial charge is 0.303 e. The molecule has 0 spiro atoms. The number of carbonyl (C=O) groups is 9. The van der Waals surface area contributed by atoms with Gasteiger partial charge in [-0.15, -0.1) is 0 Å². The lowest BCUT2D eigenvalue weighted by Gasteiger charge is -2.59. The first-order chi connectivity index (χ1) is 56.4. The Kier molecular flexibility index (Phi) is 43.7. The molecule has 4 N–H and O–H groups in total. The summed E-state index contributed by atoms with van der Waals surface area (Å²) in [5.74, 6) is 1.21. The SMILES string of the molecule is CC(=O)OCC1OC(OCCCCC(=O)NCCCNC(=O)CCOC2CCCC(OCCCCCCCCCCO[C@@H]3C=C4CC[C@H]5[C@@H]6CC[C@H]([C@H](C)CCCC(C)C)[C@@]6(C)CC[C@@H]5[C@@]4(C)CC3)[C@]2(C)COCCC(=O)NCCCNC(=O)CCCCOC2OC(COC(C)=O)C(OC(C)=O)C(OC(C)=O)C2C)C(C)C(C)C1OC(C)=O. The fourth-order valence-corrected chi connectivity index (χ4v) is 20.5. The average molecular weight is 1670 g/mol. The van der Waals surface area contributed by atoms with Gasteiger partial charge in [-0.2, -0.15) is 0 Å². The van der Waals surface area contributed by atoms with Crippen LogP contribution in [0, 0.1) is 69.5 Å². The molecule has 118 heavy (non-hydrogen) atoms. The number of esters is 5. The Labute approximate surface area is 706 Å². The number of carbonyl (C=O) groups excluding carboxylic acids is 9. The predicted octanol–water partition coefficient (Wildman–Crippen LogP) is 14.2. The van der Waals surface area contributed by atoms with E-state index in [1.165, 1.54) is 125 Å². The third-order valence-corrected chi connectivity index (χ3v) is 27.3. The maximum Gasteiger partial charge on any atom is 0.303 e. The lowest BCUT2D eigenvalue weighted by Crippen LogP contribution is -2.58. The van der Waals surface area contributed by atoms with Crippen LogP contribution in [0.2, 0.25) is 0 Å². The molecule has 12 unspecified atom stereocenters. The van der Waals surface area contributed by atoms with Gasteiger partial charge >= 0.3 is 29.8 Å². The second kappa shape index (κ2) is 51.7. The van der Waals surface area contributed by atoms with Crippen molar-refractivity contribution in [2.24, 2.45) is 69.5 Å². The Morgan fingerprint density at radius 3 is 1.48 bits per heavy atom. The number of ether oxygens (including phenoxy) is 13. The summed E-state index contributed by atoms with van der Waals surface area (Å²) in [6.45, 7) is 30.8. The molecule has 21 atom stereocenters. The number of fused-ring (bicyclic) bond motifs is 5. The summed E-state index contributed by atoms with van der Waals surface area (Å²) >= 11 is 0. The van der Waals surface area contributed by atoms with Crippen LogP contribution in [0.15, 0.2) is 11.6 Å². The largest absolute Gasteiger partial charge is 0.463 e. The van der Waals surface area contributed by atoms with Crippen LogP contribution in [0.25, 0.3) is 0 Å². The van der Waals surface area contributed by atoms with Crippen LogP contribution in [-0.2, 0) is 105 Å². The molecular weight excluding hydrogens is 1510 g/mol. The summed E-state index contributed by atoms with van der Waals surface area (Å²) in [6, 6.07) is 0. The van der Waals surface area contributed by atoms with Gasteiger partial charge in [-0.1, -0.05) is 132 Å². The molecule has 5 aliphatic carbocycles. The average Bonchev–Trinajstić information content (AvgIpc) is 1.41. The number of hydrogen-bond donors (Lipinski definition) is 4. The number of unbranched alkanes of at least 4 members (excludes halogenated alkanes) is 9. The standard InChI is InChI=1S/C92H156N4O22/c1-61(2)31-27-32-62(3)74-39-40-75-73-38-37-71-57-72(41-45-90(71,12)76(73)42-46-91(74,75)13)107-51-23-19-17-15-16-18-20-24-52-108-79-33-28-34-80(109-56-44-84(105)96-50-30-48-94-81(102)35-21-25-53-110-88-64(5)63(4)85(114-68(9)99)77(117-88)58-112-66(7)97)92(79,14)60-106-55-43-83(104)95-49-29-47-93-82(103)36-22-26-54-111-89-65(6)86(115-69(10)100)87(116-70(11)101)78(118-89)59-113-67(8)98/h57,61-65,72-80,85-89H,15-56,58-60H2,1-14H3,(H,93,103)(H,94,102)(H,95,104)(H,96,105)/t62-,63?,64?,65?,72+,73+,74-,75+,76+,77?,78?,79?,80?,85?,86?,87?,88?,89?,90+,91-,92+/m1/s1. The van der Waals surface area contributed by atoms with Gasteiger partial charge in [0, 0.05) is 136 Å². The van der Waals surface area contributed by atoms with Crippen molar-refractivity contribution >= 4 is 53.5 Å². The highest BCUT2D eigenvalue weighted by atomic mass is 16.7. The van der Waals surface area contributed by atoms with Crippen molar-refractivity contribution in [2.75, 3.05) is 85.6 Å². The first kappa shape index (κ1) is 99.8. The Hall–Kier alpha value is -5.35. The van der Waals surface area contributed by atoms with Crippen molar-refractivity contribution in [1.29, 1.82) is 0 Å². The van der Waals surface area contributed by atoms with Crippen molar-refractivity contribution in [1.82, 2.24) is 21.3 Å². The van der Waals surface area contributed by atoms with Gasteiger partial charge in [0.1, 0.15) is 37.6 Å². The molecule has 6 fully saturated rings. The maximum absolute atomic E-state index is 13.1. The molecule has 0 aromatic carbocycles. The van der Waals surface area contributed by atoms with Gasteiger partial charge in [-0.05, 0) is 168 Å². The van der Waals surface area contributed by atoms with Gasteiger partial charge < -0.3 is 82.8 Å². The maximum atomic E-state index is 13.1. The molecule has 676 valence electrons. The van der Waals surface area contributed by atoms with Gasteiger partial charge in [0.05, 0.1) is 38.1 Å². The number of allylic oxidation sites excluding steroid dienone is 1. The zero-order valence-electron chi connectivity index (χ0n) is 74.8. The minimum Gasteiger partial charge on any atom is -0.463 e. The van der Waals surface area contributed by atoms with Crippen LogP contribution >= 0.6 is 0 Å². The van der Waals surface area contributed by atoms with Crippen LogP contribution in [0.3, 0.4) is 0 Å². The molecule has 26 heteroatoms. The topological polar surface area (TPSA) is 322 Å². The lowest BCUT2D eigenvalue weighted by atomic mass is 9.46. The Morgan fingerprint density at radius 1 is 0.449 bits per heavy atom. The molecule has 2 saturated heterocycles. The van der Waals surface area contributed by atoms with E-state index in [0.29, 0.717) is 102 Å². The molecule has 7 aliphatic rings. The van der Waals surface area contributed by atoms with E-state index in [-0.39, 0.29) is 106 Å². The summed E-state index contributed by atoms with van der Waals surface area (Å²) in [7, 11) is 0. The zero-order chi connectivity index (χ0) is 85.8. The minimum atomic E-state index is -1.03. The summed E-state index contributed by atoms with van der Waals surface area (Å²) in [5, 5.41) is 11.8. The number of amides is 4. The Bertz CT molecular complexity index is 3100. The van der Waals surface area contributed by atoms with E-state index in [1.807, 2.05) is 13.8 Å². The van der Waals surface area contributed by atoms with Crippen LogP contribution < -0.4 is 21.3 Å². The van der Waals surface area contributed by atoms with Gasteiger partial charge in [-0.25, -0.2) is 0 Å². The zero-order valence-corrected chi connectivity index (χ0v) is 74.8. The fourth-order valence-electron chi connectivity index (χ4n) is 20.5. The molecule has 2 heterocycles. The molecule has 0 bridgehead atoms. The summed E-state index contributed by atoms with van der Waals surface area (Å²) < 4.78 is 77.5. The van der Waals surface area contributed by atoms with Crippen molar-refractivity contribution in [3.05, 3.63) is 11.6 Å². The van der Waals surface area contributed by atoms with Gasteiger partial charge in [0.15, 0.2) is 18.7 Å². The molecule has 7 rings (SSSR count). The molecular formula is C92H156N4O22. The minimum absolute atomic E-state index is 0.0662. The molecule has 4 saturated carbocycles. The van der Waals surface area contributed by atoms with Gasteiger partial charge in [0.2, 0.25) is 23.6 Å². The van der Waals surface area contributed by atoms with Crippen LogP contribution in [-0.4, -0.2) is 201 Å². The van der Waals surface area contributed by atoms with E-state index in [1.54, 1.807) is 12.5 Å². The number of rotatable bonds is 54. The number of nitrogens with one attached hydrogen (secondary N) is 4. The molecule has 26 nitrogen and oxygen atoms in total. The van der Waals surface area contributed by atoms with E-state index in [0.717, 1.165) is 93.5 Å². The highest BCUT2D eigenvalue weighted by Gasteiger charge is 2.60. The number of hydrogen-bond acceptors (Lipinski definition) is 22. The second-order valence-electron chi connectivity index (χ2n) is 36.8. The molecule has 0 radical (unpaired) electrons. The molecule has 4 amide bonds. The molecule has 2 aliphatic heterocycles. The summed E-state index contributed by atoms with van der Waals surface area (Å²) in [4.78, 5) is 111. The second-order valence-corrected chi connectivity index (χ2v) is 36.8. The highest BCUT2D eigenvalue weighted by molar-refractivity contribution is 5.77. The molecule has 0 aromatic rings. The Balaban J connectivity index is 0.774. The van der Waals surface area contributed by atoms with Crippen LogP contribution in [0.5, 0.6) is 0 Å². The van der Waals surface area contributed by atoms with Crippen molar-refractivity contribution < 1.29 is 105 Å². The third kappa shape index (κ3) is 32.1. The van der Waals surface area contributed by atoms with E-state index < -0.39 is 84.3 Å². The highest BCUT2D eigenvalue weighted by Crippen LogP contribution is 2.68. The van der Waals surface area contributed by atoms with Gasteiger partial charge in [-0.3, -0.25) is 43.2 Å². The van der Waals surface area contributed by atoms with Crippen molar-refractivity contribution in [3.63, 3.8) is 0 Å². The van der Waals surface area contributed by atoms with Gasteiger partial charge in [0.25, 0.3) is 0 Å².